The number of hydrogen-bond acceptors (Lipinski definition) is 4. The molecule has 1 aromatic carbocycles. The zero-order chi connectivity index (χ0) is 13.0. The number of rotatable bonds is 1. The lowest BCUT2D eigenvalue weighted by molar-refractivity contribution is -0.0886. The summed E-state index contributed by atoms with van der Waals surface area (Å²) < 4.78 is 17.3. The Balaban J connectivity index is 2.05. The van der Waals surface area contributed by atoms with Gasteiger partial charge in [0.1, 0.15) is 5.52 Å². The molecule has 0 N–H and O–H groups in total. The number of oxazole rings is 1. The van der Waals surface area contributed by atoms with Crippen molar-refractivity contribution in [1.29, 1.82) is 0 Å². The van der Waals surface area contributed by atoms with Gasteiger partial charge in [-0.2, -0.15) is 0 Å². The zero-order valence-electron chi connectivity index (χ0n) is 11.1. The normalized spacial score (nSPS) is 22.7. The maximum atomic E-state index is 6.02. The topological polar surface area (TPSA) is 44.5 Å². The van der Waals surface area contributed by atoms with Gasteiger partial charge in [0.25, 0.3) is 0 Å². The standard InChI is InChI=1S/C14H17NO3/c1-13(2)14(3,4)18-12(17-13)9-6-5-7-10-11(9)15-8-16-10/h5-8,12H,1-4H3. The number of fused-ring (bicyclic) bond motifs is 1. The molecule has 0 bridgehead atoms. The summed E-state index contributed by atoms with van der Waals surface area (Å²) in [5.74, 6) is 0. The van der Waals surface area contributed by atoms with Crippen LogP contribution in [0.2, 0.25) is 0 Å². The van der Waals surface area contributed by atoms with Crippen LogP contribution in [0, 0.1) is 0 Å². The first-order chi connectivity index (χ1) is 8.41. The van der Waals surface area contributed by atoms with Crippen LogP contribution in [0.15, 0.2) is 29.0 Å². The summed E-state index contributed by atoms with van der Waals surface area (Å²) in [5.41, 5.74) is 1.78. The lowest BCUT2D eigenvalue weighted by atomic mass is 9.90. The molecule has 1 aliphatic rings. The van der Waals surface area contributed by atoms with E-state index in [9.17, 15) is 0 Å². The van der Waals surface area contributed by atoms with Gasteiger partial charge in [0.15, 0.2) is 18.3 Å². The van der Waals surface area contributed by atoms with Crippen molar-refractivity contribution in [3.63, 3.8) is 0 Å². The Hall–Kier alpha value is -1.39. The second-order valence-electron chi connectivity index (χ2n) is 5.63. The average Bonchev–Trinajstić information content (AvgIpc) is 2.81. The highest BCUT2D eigenvalue weighted by molar-refractivity contribution is 5.76. The summed E-state index contributed by atoms with van der Waals surface area (Å²) in [7, 11) is 0. The van der Waals surface area contributed by atoms with Gasteiger partial charge in [-0.15, -0.1) is 0 Å². The second kappa shape index (κ2) is 3.56. The lowest BCUT2D eigenvalue weighted by Crippen LogP contribution is -2.41. The fraction of sp³-hybridized carbons (Fsp3) is 0.500. The van der Waals surface area contributed by atoms with Crippen molar-refractivity contribution in [2.45, 2.75) is 45.2 Å². The van der Waals surface area contributed by atoms with E-state index >= 15 is 0 Å². The molecule has 0 unspecified atom stereocenters. The fourth-order valence-electron chi connectivity index (χ4n) is 2.07. The minimum Gasteiger partial charge on any atom is -0.443 e. The molecule has 1 aromatic heterocycles. The molecule has 0 aliphatic carbocycles. The highest BCUT2D eigenvalue weighted by atomic mass is 16.7. The zero-order valence-corrected chi connectivity index (χ0v) is 11.1. The molecule has 2 heterocycles. The van der Waals surface area contributed by atoms with Crippen LogP contribution in [0.1, 0.15) is 39.5 Å². The van der Waals surface area contributed by atoms with E-state index in [4.69, 9.17) is 13.9 Å². The molecule has 96 valence electrons. The summed E-state index contributed by atoms with van der Waals surface area (Å²) in [5, 5.41) is 0. The molecule has 0 atom stereocenters. The van der Waals surface area contributed by atoms with Crippen LogP contribution in [-0.2, 0) is 9.47 Å². The number of benzene rings is 1. The van der Waals surface area contributed by atoms with Crippen molar-refractivity contribution >= 4 is 11.1 Å². The molecule has 18 heavy (non-hydrogen) atoms. The second-order valence-corrected chi connectivity index (χ2v) is 5.63. The molecule has 0 radical (unpaired) electrons. The highest BCUT2D eigenvalue weighted by Crippen LogP contribution is 2.45. The number of nitrogens with zero attached hydrogens (tertiary/aromatic N) is 1. The molecule has 2 aromatic rings. The molecule has 0 spiro atoms. The predicted molar refractivity (Wildman–Crippen MR) is 67.1 cm³/mol. The Kier molecular flexibility index (Phi) is 2.31. The first-order valence-corrected chi connectivity index (χ1v) is 6.08. The molecule has 1 saturated heterocycles. The Labute approximate surface area is 106 Å². The molecular formula is C14H17NO3. The average molecular weight is 247 g/mol. The molecule has 0 amide bonds. The van der Waals surface area contributed by atoms with Gasteiger partial charge in [0.2, 0.25) is 0 Å². The smallest absolute Gasteiger partial charge is 0.187 e. The molecule has 1 aliphatic heterocycles. The van der Waals surface area contributed by atoms with Gasteiger partial charge >= 0.3 is 0 Å². The van der Waals surface area contributed by atoms with Crippen LogP contribution in [-0.4, -0.2) is 16.2 Å². The maximum Gasteiger partial charge on any atom is 0.187 e. The maximum absolute atomic E-state index is 6.02. The summed E-state index contributed by atoms with van der Waals surface area (Å²) >= 11 is 0. The van der Waals surface area contributed by atoms with Gasteiger partial charge in [0, 0.05) is 5.56 Å². The van der Waals surface area contributed by atoms with E-state index in [1.165, 1.54) is 6.39 Å². The van der Waals surface area contributed by atoms with Gasteiger partial charge in [-0.3, -0.25) is 0 Å². The van der Waals surface area contributed by atoms with Crippen molar-refractivity contribution in [2.75, 3.05) is 0 Å². The molecular weight excluding hydrogens is 230 g/mol. The first-order valence-electron chi connectivity index (χ1n) is 6.08. The number of ether oxygens (including phenoxy) is 2. The first kappa shape index (κ1) is 11.7. The van der Waals surface area contributed by atoms with Crippen molar-refractivity contribution in [1.82, 2.24) is 4.98 Å². The molecule has 4 nitrogen and oxygen atoms in total. The van der Waals surface area contributed by atoms with E-state index < -0.39 is 6.29 Å². The molecule has 0 saturated carbocycles. The van der Waals surface area contributed by atoms with Crippen molar-refractivity contribution in [3.05, 3.63) is 30.2 Å². The fourth-order valence-corrected chi connectivity index (χ4v) is 2.07. The van der Waals surface area contributed by atoms with Crippen LogP contribution >= 0.6 is 0 Å². The summed E-state index contributed by atoms with van der Waals surface area (Å²) in [4.78, 5) is 4.23. The van der Waals surface area contributed by atoms with Gasteiger partial charge < -0.3 is 13.9 Å². The molecule has 4 heteroatoms. The number of aromatic nitrogens is 1. The summed E-state index contributed by atoms with van der Waals surface area (Å²) in [6.07, 6.45) is 1.04. The summed E-state index contributed by atoms with van der Waals surface area (Å²) in [6, 6.07) is 5.78. The quantitative estimate of drug-likeness (QED) is 0.774. The van der Waals surface area contributed by atoms with Gasteiger partial charge in [-0.05, 0) is 33.8 Å². The van der Waals surface area contributed by atoms with E-state index in [0.29, 0.717) is 0 Å². The lowest BCUT2D eigenvalue weighted by Gasteiger charge is -2.30. The van der Waals surface area contributed by atoms with Crippen LogP contribution in [0.25, 0.3) is 11.1 Å². The van der Waals surface area contributed by atoms with Gasteiger partial charge in [-0.25, -0.2) is 4.98 Å². The van der Waals surface area contributed by atoms with E-state index in [-0.39, 0.29) is 11.2 Å². The SMILES string of the molecule is CC1(C)OC(c2cccc3ocnc23)OC1(C)C. The molecule has 1 fully saturated rings. The van der Waals surface area contributed by atoms with E-state index in [2.05, 4.69) is 4.98 Å². The minimum absolute atomic E-state index is 0.344. The third-order valence-corrected chi connectivity index (χ3v) is 3.90. The van der Waals surface area contributed by atoms with Crippen molar-refractivity contribution in [2.24, 2.45) is 0 Å². The predicted octanol–water partition coefficient (Wildman–Crippen LogP) is 3.43. The third-order valence-electron chi connectivity index (χ3n) is 3.90. The van der Waals surface area contributed by atoms with E-state index in [1.54, 1.807) is 0 Å². The van der Waals surface area contributed by atoms with Crippen LogP contribution < -0.4 is 0 Å². The Morgan fingerprint density at radius 1 is 1.06 bits per heavy atom. The van der Waals surface area contributed by atoms with Gasteiger partial charge in [0.05, 0.1) is 11.2 Å². The Morgan fingerprint density at radius 3 is 2.39 bits per heavy atom. The third kappa shape index (κ3) is 1.56. The Bertz CT molecular complexity index is 569. The van der Waals surface area contributed by atoms with Crippen LogP contribution in [0.3, 0.4) is 0 Å². The monoisotopic (exact) mass is 247 g/mol. The largest absolute Gasteiger partial charge is 0.443 e. The number of hydrogen-bond donors (Lipinski definition) is 0. The van der Waals surface area contributed by atoms with Crippen LogP contribution in [0.4, 0.5) is 0 Å². The Morgan fingerprint density at radius 2 is 1.72 bits per heavy atom. The summed E-state index contributed by atoms with van der Waals surface area (Å²) in [6.45, 7) is 8.15. The number of para-hydroxylation sites is 1. The van der Waals surface area contributed by atoms with Crippen molar-refractivity contribution < 1.29 is 13.9 Å². The van der Waals surface area contributed by atoms with E-state index in [1.807, 2.05) is 45.9 Å². The van der Waals surface area contributed by atoms with Crippen LogP contribution in [0.5, 0.6) is 0 Å². The van der Waals surface area contributed by atoms with Crippen molar-refractivity contribution in [3.8, 4) is 0 Å². The van der Waals surface area contributed by atoms with E-state index in [0.717, 1.165) is 16.7 Å². The highest BCUT2D eigenvalue weighted by Gasteiger charge is 2.49. The minimum atomic E-state index is -0.399. The molecule has 3 rings (SSSR count). The van der Waals surface area contributed by atoms with Gasteiger partial charge in [-0.1, -0.05) is 12.1 Å².